The van der Waals surface area contributed by atoms with Crippen LogP contribution in [0.4, 0.5) is 5.13 Å². The number of hydrogen-bond acceptors (Lipinski definition) is 5. The van der Waals surface area contributed by atoms with Gasteiger partial charge in [0, 0.05) is 11.8 Å². The molecule has 0 fully saturated rings. The lowest BCUT2D eigenvalue weighted by atomic mass is 10.1. The van der Waals surface area contributed by atoms with Crippen molar-refractivity contribution in [1.82, 2.24) is 4.98 Å². The molecule has 22 heavy (non-hydrogen) atoms. The average Bonchev–Trinajstić information content (AvgIpc) is 2.93. The van der Waals surface area contributed by atoms with E-state index in [2.05, 4.69) is 10.3 Å². The minimum atomic E-state index is -4.44. The van der Waals surface area contributed by atoms with Crippen molar-refractivity contribution in [2.24, 2.45) is 5.92 Å². The zero-order valence-electron chi connectivity index (χ0n) is 12.4. The third-order valence-corrected chi connectivity index (χ3v) is 4.49. The summed E-state index contributed by atoms with van der Waals surface area (Å²) in [5.41, 5.74) is 0.106. The first kappa shape index (κ1) is 16.9. The number of nitrogens with zero attached hydrogens (tertiary/aromatic N) is 1. The summed E-state index contributed by atoms with van der Waals surface area (Å²) < 4.78 is 16.5. The Morgan fingerprint density at radius 1 is 1.45 bits per heavy atom. The van der Waals surface area contributed by atoms with Gasteiger partial charge < -0.3 is 19.5 Å². The molecule has 0 unspecified atom stereocenters. The van der Waals surface area contributed by atoms with Crippen LogP contribution in [-0.2, 0) is 15.8 Å². The first-order chi connectivity index (χ1) is 10.2. The quantitative estimate of drug-likeness (QED) is 0.718. The summed E-state index contributed by atoms with van der Waals surface area (Å²) in [4.78, 5) is 34.6. The van der Waals surface area contributed by atoms with Crippen LogP contribution in [-0.4, -0.2) is 20.7 Å². The molecule has 2 aromatic heterocycles. The molecule has 0 aliphatic heterocycles. The summed E-state index contributed by atoms with van der Waals surface area (Å²) in [5.74, 6) is 0.411. The summed E-state index contributed by atoms with van der Waals surface area (Å²) in [5, 5.41) is 3.06. The zero-order chi connectivity index (χ0) is 16.5. The Kier molecular flexibility index (Phi) is 4.87. The SMILES string of the molecule is CC(=O)Nc1nc(-c2ccc(P(=O)(O)O)o2)c(CC(C)C)s1. The Labute approximate surface area is 131 Å². The second-order valence-electron chi connectivity index (χ2n) is 5.25. The minimum Gasteiger partial charge on any atom is -0.446 e. The number of furan rings is 1. The number of nitrogens with one attached hydrogen (secondary N) is 1. The van der Waals surface area contributed by atoms with Gasteiger partial charge in [0.15, 0.2) is 10.9 Å². The lowest BCUT2D eigenvalue weighted by Crippen LogP contribution is -2.04. The maximum Gasteiger partial charge on any atom is 0.391 e. The number of hydrogen-bond donors (Lipinski definition) is 3. The number of carbonyl (C=O) groups is 1. The van der Waals surface area contributed by atoms with Gasteiger partial charge in [0.1, 0.15) is 5.69 Å². The van der Waals surface area contributed by atoms with E-state index in [0.29, 0.717) is 16.7 Å². The Hall–Kier alpha value is -1.47. The molecule has 0 radical (unpaired) electrons. The van der Waals surface area contributed by atoms with E-state index in [1.807, 2.05) is 13.8 Å². The van der Waals surface area contributed by atoms with Gasteiger partial charge in [-0.3, -0.25) is 9.36 Å². The molecule has 2 rings (SSSR count). The smallest absolute Gasteiger partial charge is 0.391 e. The lowest BCUT2D eigenvalue weighted by Gasteiger charge is -2.03. The number of carbonyl (C=O) groups excluding carboxylic acids is 1. The predicted octanol–water partition coefficient (Wildman–Crippen LogP) is 2.36. The van der Waals surface area contributed by atoms with Crippen LogP contribution in [0.3, 0.4) is 0 Å². The average molecular weight is 344 g/mol. The van der Waals surface area contributed by atoms with E-state index < -0.39 is 13.1 Å². The van der Waals surface area contributed by atoms with Crippen LogP contribution in [0.15, 0.2) is 16.5 Å². The molecule has 0 saturated carbocycles. The molecule has 0 aliphatic carbocycles. The molecule has 0 spiro atoms. The second kappa shape index (κ2) is 6.34. The highest BCUT2D eigenvalue weighted by Crippen LogP contribution is 2.38. The summed E-state index contributed by atoms with van der Waals surface area (Å²) >= 11 is 1.33. The largest absolute Gasteiger partial charge is 0.446 e. The van der Waals surface area contributed by atoms with Gasteiger partial charge in [-0.1, -0.05) is 13.8 Å². The molecule has 7 nitrogen and oxygen atoms in total. The van der Waals surface area contributed by atoms with E-state index in [1.165, 1.54) is 30.4 Å². The fraction of sp³-hybridized carbons (Fsp3) is 0.385. The standard InChI is InChI=1S/C13H17N2O5PS/c1-7(2)6-10-12(15-13(22-10)14-8(3)16)9-4-5-11(20-9)21(17,18)19/h4-5,7H,6H2,1-3H3,(H,14,15,16)(H2,17,18,19). The van der Waals surface area contributed by atoms with Crippen molar-refractivity contribution in [2.45, 2.75) is 27.2 Å². The first-order valence-corrected chi connectivity index (χ1v) is 9.03. The third kappa shape index (κ3) is 4.04. The molecule has 0 atom stereocenters. The summed E-state index contributed by atoms with van der Waals surface area (Å²) in [6.45, 7) is 5.48. The van der Waals surface area contributed by atoms with Gasteiger partial charge in [0.2, 0.25) is 11.4 Å². The molecule has 2 aromatic rings. The molecular formula is C13H17N2O5PS. The molecule has 0 aromatic carbocycles. The van der Waals surface area contributed by atoms with Crippen molar-refractivity contribution in [3.8, 4) is 11.5 Å². The van der Waals surface area contributed by atoms with Crippen LogP contribution in [0.2, 0.25) is 0 Å². The van der Waals surface area contributed by atoms with Crippen LogP contribution in [0.1, 0.15) is 25.6 Å². The number of rotatable bonds is 5. The molecule has 120 valence electrons. The molecule has 9 heteroatoms. The molecule has 1 amide bonds. The minimum absolute atomic E-state index is 0.230. The first-order valence-electron chi connectivity index (χ1n) is 6.60. The van der Waals surface area contributed by atoms with Crippen molar-refractivity contribution in [2.75, 3.05) is 5.32 Å². The molecule has 3 N–H and O–H groups in total. The zero-order valence-corrected chi connectivity index (χ0v) is 14.1. The number of amides is 1. The Bertz CT molecular complexity index is 731. The number of anilines is 1. The lowest BCUT2D eigenvalue weighted by molar-refractivity contribution is -0.114. The van der Waals surface area contributed by atoms with Crippen molar-refractivity contribution in [3.05, 3.63) is 17.0 Å². The maximum absolute atomic E-state index is 11.2. The second-order valence-corrected chi connectivity index (χ2v) is 7.86. The van der Waals surface area contributed by atoms with E-state index in [9.17, 15) is 9.36 Å². The Balaban J connectivity index is 2.43. The van der Waals surface area contributed by atoms with Gasteiger partial charge in [0.05, 0.1) is 0 Å². The molecular weight excluding hydrogens is 327 g/mol. The van der Waals surface area contributed by atoms with Crippen LogP contribution in [0.5, 0.6) is 0 Å². The predicted molar refractivity (Wildman–Crippen MR) is 84.3 cm³/mol. The van der Waals surface area contributed by atoms with Gasteiger partial charge in [-0.15, -0.1) is 11.3 Å². The molecule has 0 bridgehead atoms. The van der Waals surface area contributed by atoms with Crippen LogP contribution in [0, 0.1) is 5.92 Å². The maximum atomic E-state index is 11.2. The van der Waals surface area contributed by atoms with Gasteiger partial charge >= 0.3 is 7.60 Å². The summed E-state index contributed by atoms with van der Waals surface area (Å²) in [7, 11) is -4.44. The summed E-state index contributed by atoms with van der Waals surface area (Å²) in [6.07, 6.45) is 0.721. The Morgan fingerprint density at radius 2 is 2.14 bits per heavy atom. The topological polar surface area (TPSA) is 113 Å². The highest BCUT2D eigenvalue weighted by Gasteiger charge is 2.24. The number of thiazole rings is 1. The van der Waals surface area contributed by atoms with Gasteiger partial charge in [-0.2, -0.15) is 0 Å². The molecule has 0 saturated heterocycles. The van der Waals surface area contributed by atoms with E-state index in [4.69, 9.17) is 14.2 Å². The van der Waals surface area contributed by atoms with E-state index in [-0.39, 0.29) is 11.7 Å². The fourth-order valence-corrected chi connectivity index (χ4v) is 3.58. The van der Waals surface area contributed by atoms with Crippen molar-refractivity contribution >= 4 is 35.5 Å². The summed E-state index contributed by atoms with van der Waals surface area (Å²) in [6, 6.07) is 2.72. The van der Waals surface area contributed by atoms with E-state index >= 15 is 0 Å². The van der Waals surface area contributed by atoms with Crippen LogP contribution >= 0.6 is 18.9 Å². The van der Waals surface area contributed by atoms with Crippen molar-refractivity contribution in [1.29, 1.82) is 0 Å². The highest BCUT2D eigenvalue weighted by molar-refractivity contribution is 7.59. The van der Waals surface area contributed by atoms with Gasteiger partial charge in [-0.25, -0.2) is 4.98 Å². The highest BCUT2D eigenvalue weighted by atomic mass is 32.1. The number of aromatic nitrogens is 1. The third-order valence-electron chi connectivity index (χ3n) is 2.69. The molecule has 0 aliphatic rings. The van der Waals surface area contributed by atoms with Crippen molar-refractivity contribution in [3.63, 3.8) is 0 Å². The normalized spacial score (nSPS) is 11.9. The Morgan fingerprint density at radius 3 is 2.64 bits per heavy atom. The van der Waals surface area contributed by atoms with E-state index in [1.54, 1.807) is 0 Å². The van der Waals surface area contributed by atoms with Crippen molar-refractivity contribution < 1.29 is 23.6 Å². The van der Waals surface area contributed by atoms with Gasteiger partial charge in [-0.05, 0) is 24.5 Å². The molecule has 2 heterocycles. The monoisotopic (exact) mass is 344 g/mol. The fourth-order valence-electron chi connectivity index (χ4n) is 1.87. The van der Waals surface area contributed by atoms with Crippen LogP contribution in [0.25, 0.3) is 11.5 Å². The van der Waals surface area contributed by atoms with E-state index in [0.717, 1.165) is 11.3 Å². The van der Waals surface area contributed by atoms with Crippen LogP contribution < -0.4 is 10.8 Å². The van der Waals surface area contributed by atoms with Gasteiger partial charge in [0.25, 0.3) is 0 Å².